The van der Waals surface area contributed by atoms with Crippen molar-refractivity contribution in [2.45, 2.75) is 32.4 Å². The fourth-order valence-corrected chi connectivity index (χ4v) is 3.95. The van der Waals surface area contributed by atoms with E-state index in [0.29, 0.717) is 6.04 Å². The first-order valence-electron chi connectivity index (χ1n) is 9.89. The molecule has 0 spiro atoms. The summed E-state index contributed by atoms with van der Waals surface area (Å²) in [5.41, 5.74) is 7.22. The third kappa shape index (κ3) is 3.97. The molecule has 138 valence electrons. The van der Waals surface area contributed by atoms with Crippen molar-refractivity contribution in [1.29, 1.82) is 0 Å². The van der Waals surface area contributed by atoms with Gasteiger partial charge in [-0.1, -0.05) is 72.8 Å². The Morgan fingerprint density at radius 3 is 1.56 bits per heavy atom. The Balaban J connectivity index is 1.49. The zero-order valence-electron chi connectivity index (χ0n) is 15.9. The van der Waals surface area contributed by atoms with Gasteiger partial charge in [0.15, 0.2) is 0 Å². The van der Waals surface area contributed by atoms with Gasteiger partial charge in [0.2, 0.25) is 0 Å². The molecule has 1 atom stereocenters. The molecule has 1 aliphatic heterocycles. The summed E-state index contributed by atoms with van der Waals surface area (Å²) in [6, 6.07) is 26.3. The van der Waals surface area contributed by atoms with E-state index >= 15 is 0 Å². The van der Waals surface area contributed by atoms with Crippen molar-refractivity contribution in [3.8, 4) is 22.3 Å². The molecule has 1 fully saturated rings. The second kappa shape index (κ2) is 8.08. The van der Waals surface area contributed by atoms with Crippen LogP contribution in [0.1, 0.15) is 36.9 Å². The minimum atomic E-state index is 0.0889. The zero-order chi connectivity index (χ0) is 18.6. The number of nitrogens with zero attached hydrogens (tertiary/aromatic N) is 1. The highest BCUT2D eigenvalue weighted by Gasteiger charge is 2.19. The molecule has 0 aromatic heterocycles. The quantitative estimate of drug-likeness (QED) is 0.636. The van der Waals surface area contributed by atoms with E-state index in [-0.39, 0.29) is 6.61 Å². The maximum atomic E-state index is 9.17. The topological polar surface area (TPSA) is 23.5 Å². The van der Waals surface area contributed by atoms with Gasteiger partial charge in [0.1, 0.15) is 0 Å². The summed E-state index contributed by atoms with van der Waals surface area (Å²) in [6.07, 6.45) is 2.66. The van der Waals surface area contributed by atoms with Crippen molar-refractivity contribution in [1.82, 2.24) is 4.90 Å². The van der Waals surface area contributed by atoms with Gasteiger partial charge in [-0.25, -0.2) is 0 Å². The van der Waals surface area contributed by atoms with E-state index in [4.69, 9.17) is 0 Å². The SMILES string of the molecule is CC(c1ccc(-c2ccc(-c3ccc(CO)cc3)cc2)cc1)N1CCCC1. The number of aliphatic hydroxyl groups excluding tert-OH is 1. The van der Waals surface area contributed by atoms with Crippen LogP contribution in [0, 0.1) is 0 Å². The lowest BCUT2D eigenvalue weighted by Gasteiger charge is -2.24. The summed E-state index contributed by atoms with van der Waals surface area (Å²) in [6.45, 7) is 4.86. The predicted molar refractivity (Wildman–Crippen MR) is 112 cm³/mol. The Labute approximate surface area is 162 Å². The van der Waals surface area contributed by atoms with Crippen molar-refractivity contribution in [3.63, 3.8) is 0 Å². The van der Waals surface area contributed by atoms with Crippen LogP contribution in [0.3, 0.4) is 0 Å². The second-order valence-corrected chi connectivity index (χ2v) is 7.47. The third-order valence-electron chi connectivity index (χ3n) is 5.77. The van der Waals surface area contributed by atoms with Gasteiger partial charge in [-0.3, -0.25) is 4.90 Å². The zero-order valence-corrected chi connectivity index (χ0v) is 15.9. The summed E-state index contributed by atoms with van der Waals surface area (Å²) in [4.78, 5) is 2.58. The molecule has 0 amide bonds. The van der Waals surface area contributed by atoms with Crippen molar-refractivity contribution in [3.05, 3.63) is 83.9 Å². The van der Waals surface area contributed by atoms with E-state index < -0.39 is 0 Å². The highest BCUT2D eigenvalue weighted by atomic mass is 16.3. The van der Waals surface area contributed by atoms with Crippen LogP contribution in [0.25, 0.3) is 22.3 Å². The van der Waals surface area contributed by atoms with E-state index in [9.17, 15) is 5.11 Å². The summed E-state index contributed by atoms with van der Waals surface area (Å²) in [5, 5.41) is 9.17. The second-order valence-electron chi connectivity index (χ2n) is 7.47. The van der Waals surface area contributed by atoms with Crippen LogP contribution < -0.4 is 0 Å². The number of rotatable bonds is 5. The van der Waals surface area contributed by atoms with Gasteiger partial charge in [0.05, 0.1) is 6.61 Å². The van der Waals surface area contributed by atoms with Crippen molar-refractivity contribution >= 4 is 0 Å². The Bertz CT molecular complexity index is 860. The molecule has 4 rings (SSSR count). The van der Waals surface area contributed by atoms with Crippen LogP contribution in [-0.2, 0) is 6.61 Å². The molecule has 3 aromatic rings. The fraction of sp³-hybridized carbons (Fsp3) is 0.280. The molecular formula is C25H27NO. The van der Waals surface area contributed by atoms with Crippen LogP contribution in [0.15, 0.2) is 72.8 Å². The van der Waals surface area contributed by atoms with Gasteiger partial charge in [-0.05, 0) is 66.2 Å². The smallest absolute Gasteiger partial charge is 0.0681 e. The average Bonchev–Trinajstić information content (AvgIpc) is 3.28. The van der Waals surface area contributed by atoms with Gasteiger partial charge in [0.25, 0.3) is 0 Å². The lowest BCUT2D eigenvalue weighted by molar-refractivity contribution is 0.263. The van der Waals surface area contributed by atoms with E-state index in [1.807, 2.05) is 12.1 Å². The summed E-state index contributed by atoms with van der Waals surface area (Å²) >= 11 is 0. The Kier molecular flexibility index (Phi) is 5.38. The van der Waals surface area contributed by atoms with Gasteiger partial charge < -0.3 is 5.11 Å². The molecule has 1 saturated heterocycles. The fourth-order valence-electron chi connectivity index (χ4n) is 3.95. The number of aliphatic hydroxyl groups is 1. The molecule has 3 aromatic carbocycles. The van der Waals surface area contributed by atoms with E-state index in [2.05, 4.69) is 72.5 Å². The first-order valence-corrected chi connectivity index (χ1v) is 9.89. The largest absolute Gasteiger partial charge is 0.392 e. The standard InChI is InChI=1S/C25H27NO/c1-19(26-16-2-3-17-26)21-8-10-23(11-9-21)25-14-12-24(13-15-25)22-6-4-20(18-27)5-7-22/h4-15,19,27H,2-3,16-18H2,1H3. The van der Waals surface area contributed by atoms with Gasteiger partial charge in [0, 0.05) is 6.04 Å². The third-order valence-corrected chi connectivity index (χ3v) is 5.77. The molecule has 0 bridgehead atoms. The number of hydrogen-bond donors (Lipinski definition) is 1. The lowest BCUT2D eigenvalue weighted by atomic mass is 9.98. The molecule has 1 unspecified atom stereocenters. The van der Waals surface area contributed by atoms with Crippen molar-refractivity contribution < 1.29 is 5.11 Å². The van der Waals surface area contributed by atoms with Crippen LogP contribution >= 0.6 is 0 Å². The Morgan fingerprint density at radius 2 is 1.11 bits per heavy atom. The average molecular weight is 357 g/mol. The molecule has 1 N–H and O–H groups in total. The number of likely N-dealkylation sites (tertiary alicyclic amines) is 1. The Morgan fingerprint density at radius 1 is 0.704 bits per heavy atom. The van der Waals surface area contributed by atoms with Crippen molar-refractivity contribution in [2.24, 2.45) is 0 Å². The number of benzene rings is 3. The lowest BCUT2D eigenvalue weighted by Crippen LogP contribution is -2.23. The first kappa shape index (κ1) is 18.0. The summed E-state index contributed by atoms with van der Waals surface area (Å²) in [7, 11) is 0. The minimum absolute atomic E-state index is 0.0889. The monoisotopic (exact) mass is 357 g/mol. The molecule has 1 aliphatic rings. The highest BCUT2D eigenvalue weighted by molar-refractivity contribution is 5.70. The predicted octanol–water partition coefficient (Wildman–Crippen LogP) is 5.67. The molecule has 0 aliphatic carbocycles. The highest BCUT2D eigenvalue weighted by Crippen LogP contribution is 2.28. The minimum Gasteiger partial charge on any atom is -0.392 e. The normalized spacial score (nSPS) is 15.8. The molecular weight excluding hydrogens is 330 g/mol. The van der Waals surface area contributed by atoms with Crippen molar-refractivity contribution in [2.75, 3.05) is 13.1 Å². The molecule has 2 nitrogen and oxygen atoms in total. The molecule has 27 heavy (non-hydrogen) atoms. The Hall–Kier alpha value is -2.42. The van der Waals surface area contributed by atoms with E-state index in [1.165, 1.54) is 53.7 Å². The van der Waals surface area contributed by atoms with Crippen LogP contribution in [-0.4, -0.2) is 23.1 Å². The van der Waals surface area contributed by atoms with Crippen LogP contribution in [0.2, 0.25) is 0 Å². The molecule has 0 radical (unpaired) electrons. The van der Waals surface area contributed by atoms with Gasteiger partial charge in [-0.15, -0.1) is 0 Å². The molecule has 2 heteroatoms. The van der Waals surface area contributed by atoms with Crippen LogP contribution in [0.5, 0.6) is 0 Å². The first-order chi connectivity index (χ1) is 13.2. The molecule has 0 saturated carbocycles. The molecule has 1 heterocycles. The number of hydrogen-bond acceptors (Lipinski definition) is 2. The van der Waals surface area contributed by atoms with Gasteiger partial charge in [-0.2, -0.15) is 0 Å². The summed E-state index contributed by atoms with van der Waals surface area (Å²) in [5.74, 6) is 0. The van der Waals surface area contributed by atoms with E-state index in [1.54, 1.807) is 0 Å². The van der Waals surface area contributed by atoms with Crippen LogP contribution in [0.4, 0.5) is 0 Å². The maximum absolute atomic E-state index is 9.17. The van der Waals surface area contributed by atoms with E-state index in [0.717, 1.165) is 5.56 Å². The van der Waals surface area contributed by atoms with Gasteiger partial charge >= 0.3 is 0 Å². The summed E-state index contributed by atoms with van der Waals surface area (Å²) < 4.78 is 0. The maximum Gasteiger partial charge on any atom is 0.0681 e.